The highest BCUT2D eigenvalue weighted by atomic mass is 16.7. The predicted molar refractivity (Wildman–Crippen MR) is 480 cm³/mol. The number of aryl methyl sites for hydroxylation is 1. The number of benzene rings is 1. The lowest BCUT2D eigenvalue weighted by atomic mass is 9.79. The van der Waals surface area contributed by atoms with Gasteiger partial charge in [0.25, 0.3) is 17.7 Å². The lowest BCUT2D eigenvalue weighted by Gasteiger charge is -2.42. The standard InChI is InChI=1S/C91H138N16O23/c1-57-19-13-12-14-20-58(2)73(118-10)52-66-25-22-62(6)91(117,129-66)83(113)86(114)105-33-17-15-21-71(105)87(115)127-74(53-68(103-130-90(7,8)9)59(3)48-61(5)81(111)82(112)80(110)60(4)47-57)67(92)49-63-23-26-70(75(50-63)119-11)107-54-65(101-104-107)55-126-89(116)97-32-38-123-42-46-125-44-40-121-36-29-77(109)96-31-37-122-41-45-124-43-39-120-35-28-76(108)95-30-16-18-34-106-85-78(84(93)98-56-99-85)79(102-106)64-24-27-72-69(51-64)100-88(94)128-72/h12-14,19-20,24,27,48,51,54,56-57,59-60,62-63,66-67,70-71,73-75,81-82,111-112,117H,15-18,21-23,25-26,28-47,49-50,52-53,55,92H2,1-11H3,(H2,94,100)(H,95,108)(H,96,109)(H,97,116)(H2,93,98,99)/b14-12+,19-13+,58-20+,61-48+,103-68-/t57-,59-,60-,62-,63+,66+,67-,70+,71+,73+,74+,75-,81-,82+,91-/m1/s1. The molecule has 2 bridgehead atoms. The molecule has 4 amide bonds. The maximum absolute atomic E-state index is 15.1. The SMILES string of the molecule is CO[C@H]1C[C@@H]2CC[C@@H](C)[C@@](O)(O2)C(=O)C(=O)N2CCCC[C@H]2C(=O)O[C@H]([C@H](N)C[C@@H]2CC[C@H](n3cc(COC(=O)NCCOCCOCCOCCC(=O)NCCOCCOCCOCCC(=O)NCCCCn4nc(-c5ccc6oc(N)nc6c5)c5c(N)ncnc54)nn3)[C@H](OC)C2)C/C(=N/OC(C)(C)C)[C@H](C)/C=C(\C)[C@@H](O)[C@@H](O)C(=O)[C@H](C)C[C@H](C)/C=C/C=C/C=C/1C. The smallest absolute Gasteiger partial charge is 0.407 e. The average Bonchev–Trinajstić information content (AvgIpc) is 1.73. The van der Waals surface area contributed by atoms with Gasteiger partial charge in [-0.2, -0.15) is 10.1 Å². The molecule has 1 saturated carbocycles. The summed E-state index contributed by atoms with van der Waals surface area (Å²) in [6.45, 7) is 20.8. The van der Waals surface area contributed by atoms with Crippen LogP contribution in [0.2, 0.25) is 0 Å². The molecule has 5 aromatic rings. The average molecular weight is 1820 g/mol. The number of alkyl carbamates (subject to hydrolysis) is 1. The van der Waals surface area contributed by atoms with Gasteiger partial charge in [0, 0.05) is 102 Å². The number of cyclic esters (lactones) is 1. The molecule has 39 heteroatoms. The molecule has 15 atom stereocenters. The van der Waals surface area contributed by atoms with Gasteiger partial charge in [-0.25, -0.2) is 28.9 Å². The van der Waals surface area contributed by atoms with Gasteiger partial charge in [-0.15, -0.1) is 5.10 Å². The van der Waals surface area contributed by atoms with Crippen LogP contribution in [0, 0.1) is 29.6 Å². The van der Waals surface area contributed by atoms with Gasteiger partial charge in [0.2, 0.25) is 17.6 Å². The lowest BCUT2D eigenvalue weighted by Crippen LogP contribution is -2.61. The summed E-state index contributed by atoms with van der Waals surface area (Å²) in [6, 6.07) is 3.12. The van der Waals surface area contributed by atoms with Crippen molar-refractivity contribution in [2.75, 3.05) is 131 Å². The minimum absolute atomic E-state index is 0.0183. The minimum atomic E-state index is -2.51. The predicted octanol–water partition coefficient (Wildman–Crippen LogP) is 7.22. The van der Waals surface area contributed by atoms with Gasteiger partial charge in [0.05, 0.1) is 121 Å². The number of carbonyl (C=O) groups excluding carboxylic acids is 7. The minimum Gasteiger partial charge on any atom is -0.459 e. The maximum atomic E-state index is 15.1. The summed E-state index contributed by atoms with van der Waals surface area (Å²) in [5.41, 5.74) is 23.5. The van der Waals surface area contributed by atoms with E-state index < -0.39 is 107 Å². The number of nitrogens with one attached hydrogen (secondary N) is 3. The fourth-order valence-corrected chi connectivity index (χ4v) is 16.2. The summed E-state index contributed by atoms with van der Waals surface area (Å²) in [5.74, 6) is -8.33. The van der Waals surface area contributed by atoms with Crippen molar-refractivity contribution in [3.05, 3.63) is 84.0 Å². The molecule has 4 aliphatic rings. The number of allylic oxidation sites excluding steroid dienone is 6. The Hall–Kier alpha value is -9.62. The third-order valence-electron chi connectivity index (χ3n) is 23.6. The van der Waals surface area contributed by atoms with E-state index in [-0.39, 0.29) is 139 Å². The van der Waals surface area contributed by atoms with E-state index in [4.69, 9.17) is 83.7 Å². The number of fused-ring (bicyclic) bond motifs is 5. The number of aromatic nitrogens is 8. The number of oxazole rings is 1. The van der Waals surface area contributed by atoms with E-state index in [1.54, 1.807) is 69.6 Å². The Bertz CT molecular complexity index is 4600. The Kier molecular flexibility index (Phi) is 42.1. The molecule has 720 valence electrons. The van der Waals surface area contributed by atoms with Crippen LogP contribution in [0.4, 0.5) is 16.6 Å². The molecule has 12 N–H and O–H groups in total. The highest BCUT2D eigenvalue weighted by molar-refractivity contribution is 6.39. The van der Waals surface area contributed by atoms with Gasteiger partial charge in [0.1, 0.15) is 65.6 Å². The number of nitrogen functional groups attached to an aromatic ring is 2. The van der Waals surface area contributed by atoms with Crippen LogP contribution in [0.15, 0.2) is 87.9 Å². The second-order valence-electron chi connectivity index (χ2n) is 34.9. The monoisotopic (exact) mass is 1820 g/mol. The molecule has 1 aliphatic carbocycles. The Labute approximate surface area is 759 Å². The number of Topliss-reactive ketones (excluding diaryl/α,β-unsaturated/α-hetero) is 2. The number of anilines is 2. The van der Waals surface area contributed by atoms with Gasteiger partial charge in [0.15, 0.2) is 17.0 Å². The quantitative estimate of drug-likeness (QED) is 0.00616. The third-order valence-corrected chi connectivity index (χ3v) is 23.6. The Morgan fingerprint density at radius 1 is 0.754 bits per heavy atom. The molecule has 0 unspecified atom stereocenters. The fraction of sp³-hybridized carbons (Fsp3) is 0.670. The summed E-state index contributed by atoms with van der Waals surface area (Å²) in [5, 5.41) is 62.5. The first kappa shape index (κ1) is 104. The Balaban J connectivity index is 0.638. The highest BCUT2D eigenvalue weighted by Gasteiger charge is 2.53. The first-order chi connectivity index (χ1) is 62.3. The van der Waals surface area contributed by atoms with Gasteiger partial charge < -0.3 is 115 Å². The number of ketones is 2. The van der Waals surface area contributed by atoms with Crippen LogP contribution in [0.5, 0.6) is 0 Å². The van der Waals surface area contributed by atoms with Crippen molar-refractivity contribution in [1.29, 1.82) is 0 Å². The molecule has 1 aromatic carbocycles. The Morgan fingerprint density at radius 3 is 2.12 bits per heavy atom. The zero-order valence-corrected chi connectivity index (χ0v) is 77.2. The molecule has 39 nitrogen and oxygen atoms in total. The van der Waals surface area contributed by atoms with Crippen LogP contribution in [-0.2, 0) is 98.9 Å². The van der Waals surface area contributed by atoms with Crippen LogP contribution >= 0.6 is 0 Å². The van der Waals surface area contributed by atoms with E-state index in [1.807, 2.05) is 77.1 Å². The maximum Gasteiger partial charge on any atom is 0.407 e. The summed E-state index contributed by atoms with van der Waals surface area (Å²) in [7, 11) is 3.16. The number of methoxy groups -OCH3 is 2. The van der Waals surface area contributed by atoms with Crippen LogP contribution in [0.3, 0.4) is 0 Å². The molecule has 7 heterocycles. The third kappa shape index (κ3) is 32.1. The number of esters is 1. The normalized spacial score (nSPS) is 26.5. The fourth-order valence-electron chi connectivity index (χ4n) is 16.2. The topological polar surface area (TPSA) is 521 Å². The van der Waals surface area contributed by atoms with Crippen molar-refractivity contribution >= 4 is 81.0 Å². The number of ether oxygens (including phenoxy) is 11. The molecule has 3 fully saturated rings. The summed E-state index contributed by atoms with van der Waals surface area (Å²) < 4.78 is 72.5. The zero-order chi connectivity index (χ0) is 93.9. The second kappa shape index (κ2) is 52.6. The molecule has 0 radical (unpaired) electrons. The second-order valence-corrected chi connectivity index (χ2v) is 34.9. The number of carbonyl (C=O) groups is 7. The van der Waals surface area contributed by atoms with Crippen LogP contribution in [0.25, 0.3) is 33.4 Å². The number of nitrogens with two attached hydrogens (primary N) is 3. The number of aliphatic hydroxyl groups is 3. The van der Waals surface area contributed by atoms with E-state index >= 15 is 4.79 Å². The number of piperidine rings is 1. The Morgan fingerprint density at radius 2 is 1.43 bits per heavy atom. The van der Waals surface area contributed by atoms with E-state index in [0.717, 1.165) is 17.6 Å². The van der Waals surface area contributed by atoms with Crippen molar-refractivity contribution in [2.24, 2.45) is 40.5 Å². The number of hydrogen-bond donors (Lipinski definition) is 9. The molecule has 9 rings (SSSR count). The zero-order valence-electron chi connectivity index (χ0n) is 77.2. The van der Waals surface area contributed by atoms with Crippen LogP contribution in [-0.4, -0.2) is 287 Å². The molecular weight excluding hydrogens is 1690 g/mol. The number of aliphatic hydroxyl groups excluding tert-OH is 2. The molecule has 130 heavy (non-hydrogen) atoms. The summed E-state index contributed by atoms with van der Waals surface area (Å²) >= 11 is 0. The highest BCUT2D eigenvalue weighted by Crippen LogP contribution is 2.40. The number of oxime groups is 1. The summed E-state index contributed by atoms with van der Waals surface area (Å²) in [6.07, 6.45) is 13.8. The van der Waals surface area contributed by atoms with Crippen molar-refractivity contribution in [3.63, 3.8) is 0 Å². The van der Waals surface area contributed by atoms with Crippen molar-refractivity contribution in [2.45, 2.75) is 244 Å². The summed E-state index contributed by atoms with van der Waals surface area (Å²) in [4.78, 5) is 116. The van der Waals surface area contributed by atoms with Crippen molar-refractivity contribution in [1.82, 2.24) is 60.6 Å². The van der Waals surface area contributed by atoms with Crippen molar-refractivity contribution < 1.29 is 110 Å². The van der Waals surface area contributed by atoms with Gasteiger partial charge in [-0.1, -0.05) is 74.5 Å². The largest absolute Gasteiger partial charge is 0.459 e. The van der Waals surface area contributed by atoms with Crippen LogP contribution in [0.1, 0.15) is 177 Å². The first-order valence-corrected chi connectivity index (χ1v) is 45.4. The van der Waals surface area contributed by atoms with Gasteiger partial charge in [-0.3, -0.25) is 24.0 Å². The van der Waals surface area contributed by atoms with Gasteiger partial charge in [-0.05, 0) is 153 Å². The lowest BCUT2D eigenvalue weighted by molar-refractivity contribution is -0.265. The number of rotatable bonds is 39. The van der Waals surface area contributed by atoms with E-state index in [0.29, 0.717) is 162 Å². The molecule has 0 spiro atoms. The first-order valence-electron chi connectivity index (χ1n) is 45.4. The van der Waals surface area contributed by atoms with E-state index in [9.17, 15) is 44.1 Å². The van der Waals surface area contributed by atoms with Crippen molar-refractivity contribution in [3.8, 4) is 11.3 Å². The number of hydrogen-bond acceptors (Lipinski definition) is 33. The molecule has 3 aliphatic heterocycles. The number of nitrogens with zero attached hydrogens (tertiary/aromatic N) is 10. The van der Waals surface area contributed by atoms with Gasteiger partial charge >= 0.3 is 12.1 Å². The van der Waals surface area contributed by atoms with Crippen LogP contribution < -0.4 is 33.2 Å². The number of unbranched alkanes of at least 4 members (excludes halogenated alkanes) is 1. The van der Waals surface area contributed by atoms with E-state index in [2.05, 4.69) is 46.4 Å². The molecule has 2 saturated heterocycles. The number of amides is 4. The molecule has 4 aromatic heterocycles. The van der Waals surface area contributed by atoms with E-state index in [1.165, 1.54) is 11.2 Å². The molecular formula is C91H138N16O23.